The molecule has 0 aliphatic rings. The number of hydrogen-bond acceptors (Lipinski definition) is 3. The van der Waals surface area contributed by atoms with Crippen LogP contribution in [0.2, 0.25) is 0 Å². The zero-order valence-electron chi connectivity index (χ0n) is 6.87. The molecule has 62 valence electrons. The largest absolute Gasteiger partial charge is 0.464 e. The van der Waals surface area contributed by atoms with Crippen molar-refractivity contribution in [2.75, 3.05) is 5.73 Å². The average Bonchev–Trinajstić information content (AvgIpc) is 2.52. The number of nitrogen functional groups attached to an aromatic ring is 1. The Morgan fingerprint density at radius 1 is 1.58 bits per heavy atom. The summed E-state index contributed by atoms with van der Waals surface area (Å²) in [6.45, 7) is 2.04. The lowest BCUT2D eigenvalue weighted by Crippen LogP contribution is -1.95. The van der Waals surface area contributed by atoms with Crippen LogP contribution in [0, 0.1) is 0 Å². The number of nitrogens with two attached hydrogens (primary N) is 1. The fourth-order valence-electron chi connectivity index (χ4n) is 1.34. The summed E-state index contributed by atoms with van der Waals surface area (Å²) in [6.07, 6.45) is 4.24. The minimum absolute atomic E-state index is 0.569. The van der Waals surface area contributed by atoms with Crippen molar-refractivity contribution in [1.29, 1.82) is 0 Å². The molecular weight excluding hydrogens is 152 g/mol. The molecule has 0 aliphatic carbocycles. The van der Waals surface area contributed by atoms with Gasteiger partial charge < -0.3 is 10.2 Å². The molecule has 0 fully saturated rings. The van der Waals surface area contributed by atoms with Gasteiger partial charge in [-0.3, -0.25) is 0 Å². The third kappa shape index (κ3) is 0.863. The van der Waals surface area contributed by atoms with Crippen LogP contribution in [0.5, 0.6) is 0 Å². The number of aromatic nitrogens is 1. The van der Waals surface area contributed by atoms with Crippen LogP contribution in [-0.2, 0) is 6.42 Å². The fraction of sp³-hybridized carbons (Fsp3) is 0.222. The number of nitrogens with zero attached hydrogens (tertiary/aromatic N) is 1. The standard InChI is InChI=1S/C9H10N2O/c1-2-7-8-6(3-4-12-8)5-11-9(7)10/h3-5H,2H2,1H3,(H2,10,11). The van der Waals surface area contributed by atoms with Gasteiger partial charge in [-0.25, -0.2) is 4.98 Å². The molecule has 0 saturated heterocycles. The predicted molar refractivity (Wildman–Crippen MR) is 47.8 cm³/mol. The van der Waals surface area contributed by atoms with Gasteiger partial charge in [-0.1, -0.05) is 6.92 Å². The van der Waals surface area contributed by atoms with Gasteiger partial charge in [-0.15, -0.1) is 0 Å². The molecule has 3 nitrogen and oxygen atoms in total. The molecule has 0 spiro atoms. The Morgan fingerprint density at radius 3 is 3.17 bits per heavy atom. The highest BCUT2D eigenvalue weighted by molar-refractivity contribution is 5.82. The van der Waals surface area contributed by atoms with Gasteiger partial charge in [-0.2, -0.15) is 0 Å². The third-order valence-corrected chi connectivity index (χ3v) is 1.98. The summed E-state index contributed by atoms with van der Waals surface area (Å²) < 4.78 is 5.30. The van der Waals surface area contributed by atoms with Crippen molar-refractivity contribution in [3.8, 4) is 0 Å². The first-order valence-corrected chi connectivity index (χ1v) is 3.93. The van der Waals surface area contributed by atoms with Crippen molar-refractivity contribution in [1.82, 2.24) is 4.98 Å². The first-order valence-electron chi connectivity index (χ1n) is 3.93. The number of anilines is 1. The van der Waals surface area contributed by atoms with Gasteiger partial charge in [0.25, 0.3) is 0 Å². The van der Waals surface area contributed by atoms with E-state index in [0.717, 1.165) is 23.0 Å². The summed E-state index contributed by atoms with van der Waals surface area (Å²) in [5.74, 6) is 0.569. The first-order chi connectivity index (χ1) is 5.83. The topological polar surface area (TPSA) is 52.0 Å². The minimum atomic E-state index is 0.569. The van der Waals surface area contributed by atoms with E-state index in [-0.39, 0.29) is 0 Å². The molecule has 0 radical (unpaired) electrons. The molecule has 2 aromatic rings. The average molecular weight is 162 g/mol. The maximum Gasteiger partial charge on any atom is 0.142 e. The number of rotatable bonds is 1. The summed E-state index contributed by atoms with van der Waals surface area (Å²) in [6, 6.07) is 1.89. The maximum atomic E-state index is 5.69. The van der Waals surface area contributed by atoms with Gasteiger partial charge in [0.15, 0.2) is 0 Å². The van der Waals surface area contributed by atoms with Crippen LogP contribution in [0.3, 0.4) is 0 Å². The van der Waals surface area contributed by atoms with E-state index in [1.54, 1.807) is 12.5 Å². The second kappa shape index (κ2) is 2.52. The van der Waals surface area contributed by atoms with Crippen LogP contribution in [-0.4, -0.2) is 4.98 Å². The molecule has 2 heterocycles. The molecule has 2 N–H and O–H groups in total. The van der Waals surface area contributed by atoms with Crippen LogP contribution in [0.15, 0.2) is 22.9 Å². The Hall–Kier alpha value is -1.51. The Labute approximate surface area is 70.2 Å². The summed E-state index contributed by atoms with van der Waals surface area (Å²) in [5.41, 5.74) is 7.55. The highest BCUT2D eigenvalue weighted by Gasteiger charge is 2.06. The zero-order chi connectivity index (χ0) is 8.55. The second-order valence-electron chi connectivity index (χ2n) is 2.68. The van der Waals surface area contributed by atoms with Crippen molar-refractivity contribution in [3.05, 3.63) is 24.1 Å². The van der Waals surface area contributed by atoms with E-state index >= 15 is 0 Å². The number of fused-ring (bicyclic) bond motifs is 1. The number of furan rings is 1. The predicted octanol–water partition coefficient (Wildman–Crippen LogP) is 1.97. The molecule has 12 heavy (non-hydrogen) atoms. The summed E-state index contributed by atoms with van der Waals surface area (Å²) >= 11 is 0. The molecule has 2 aromatic heterocycles. The Bertz CT molecular complexity index is 406. The molecule has 0 bridgehead atoms. The van der Waals surface area contributed by atoms with Gasteiger partial charge in [0, 0.05) is 17.1 Å². The lowest BCUT2D eigenvalue weighted by molar-refractivity contribution is 0.611. The molecule has 3 heteroatoms. The molecule has 0 unspecified atom stereocenters. The molecule has 2 rings (SSSR count). The minimum Gasteiger partial charge on any atom is -0.464 e. The Morgan fingerprint density at radius 2 is 2.42 bits per heavy atom. The Balaban J connectivity index is 2.83. The summed E-state index contributed by atoms with van der Waals surface area (Å²) in [5, 5.41) is 1.01. The van der Waals surface area contributed by atoms with E-state index in [1.165, 1.54) is 0 Å². The quantitative estimate of drug-likeness (QED) is 0.697. The molecule has 0 aromatic carbocycles. The molecule has 0 saturated carbocycles. The van der Waals surface area contributed by atoms with E-state index in [0.29, 0.717) is 5.82 Å². The van der Waals surface area contributed by atoms with Crippen molar-refractivity contribution in [3.63, 3.8) is 0 Å². The normalized spacial score (nSPS) is 10.8. The van der Waals surface area contributed by atoms with Gasteiger partial charge in [0.1, 0.15) is 11.4 Å². The molecule has 0 amide bonds. The van der Waals surface area contributed by atoms with Gasteiger partial charge in [-0.05, 0) is 12.5 Å². The Kier molecular flexibility index (Phi) is 1.50. The van der Waals surface area contributed by atoms with E-state index < -0.39 is 0 Å². The van der Waals surface area contributed by atoms with Crippen LogP contribution >= 0.6 is 0 Å². The third-order valence-electron chi connectivity index (χ3n) is 1.98. The second-order valence-corrected chi connectivity index (χ2v) is 2.68. The van der Waals surface area contributed by atoms with Gasteiger partial charge in [0.05, 0.1) is 6.26 Å². The van der Waals surface area contributed by atoms with E-state index in [4.69, 9.17) is 10.2 Å². The van der Waals surface area contributed by atoms with Crippen LogP contribution < -0.4 is 5.73 Å². The molecule has 0 atom stereocenters. The number of hydrogen-bond donors (Lipinski definition) is 1. The van der Waals surface area contributed by atoms with Gasteiger partial charge in [0.2, 0.25) is 0 Å². The summed E-state index contributed by atoms with van der Waals surface area (Å²) in [4.78, 5) is 4.07. The smallest absolute Gasteiger partial charge is 0.142 e. The van der Waals surface area contributed by atoms with Crippen LogP contribution in [0.4, 0.5) is 5.82 Å². The SMILES string of the molecule is CCc1c(N)ncc2ccoc12. The summed E-state index contributed by atoms with van der Waals surface area (Å²) in [7, 11) is 0. The lowest BCUT2D eigenvalue weighted by atomic mass is 10.1. The number of aryl methyl sites for hydroxylation is 1. The van der Waals surface area contributed by atoms with Gasteiger partial charge >= 0.3 is 0 Å². The van der Waals surface area contributed by atoms with Crippen molar-refractivity contribution in [2.45, 2.75) is 13.3 Å². The monoisotopic (exact) mass is 162 g/mol. The van der Waals surface area contributed by atoms with E-state index in [2.05, 4.69) is 4.98 Å². The molecule has 0 aliphatic heterocycles. The molecular formula is C9H10N2O. The van der Waals surface area contributed by atoms with Crippen molar-refractivity contribution < 1.29 is 4.42 Å². The van der Waals surface area contributed by atoms with Crippen molar-refractivity contribution >= 4 is 16.8 Å². The number of pyridine rings is 1. The zero-order valence-corrected chi connectivity index (χ0v) is 6.87. The van der Waals surface area contributed by atoms with Crippen LogP contribution in [0.25, 0.3) is 11.0 Å². The first kappa shape index (κ1) is 7.16. The van der Waals surface area contributed by atoms with E-state index in [1.807, 2.05) is 13.0 Å². The van der Waals surface area contributed by atoms with E-state index in [9.17, 15) is 0 Å². The fourth-order valence-corrected chi connectivity index (χ4v) is 1.34. The lowest BCUT2D eigenvalue weighted by Gasteiger charge is -2.00. The maximum absolute atomic E-state index is 5.69. The van der Waals surface area contributed by atoms with Crippen molar-refractivity contribution in [2.24, 2.45) is 0 Å². The van der Waals surface area contributed by atoms with Crippen LogP contribution in [0.1, 0.15) is 12.5 Å². The highest BCUT2D eigenvalue weighted by atomic mass is 16.3. The highest BCUT2D eigenvalue weighted by Crippen LogP contribution is 2.23.